The van der Waals surface area contributed by atoms with Crippen LogP contribution in [-0.2, 0) is 11.3 Å². The Labute approximate surface area is 96.1 Å². The lowest BCUT2D eigenvalue weighted by molar-refractivity contribution is 0.153. The van der Waals surface area contributed by atoms with E-state index in [0.717, 1.165) is 0 Å². The molecule has 0 saturated carbocycles. The minimum Gasteiger partial charge on any atom is -0.364 e. The third kappa shape index (κ3) is 2.24. The smallest absolute Gasteiger partial charge is 0.107 e. The van der Waals surface area contributed by atoms with Gasteiger partial charge in [0, 0.05) is 0 Å². The first-order valence-corrected chi connectivity index (χ1v) is 5.31. The topological polar surface area (TPSA) is 9.23 Å². The monoisotopic (exact) mass is 210 g/mol. The van der Waals surface area contributed by atoms with Crippen molar-refractivity contribution in [2.75, 3.05) is 6.61 Å². The second kappa shape index (κ2) is 4.83. The molecule has 1 heteroatoms. The number of benzene rings is 2. The standard InChI is InChI=1S/C15H14O/c1-3-8-16-11-15-10-14-7-5-4-6-13(14)9-12(15)2/h1,4-7,9-10H,8,11H2,2H3. The van der Waals surface area contributed by atoms with Crippen molar-refractivity contribution in [2.24, 2.45) is 0 Å². The SMILES string of the molecule is C#CCOCc1cc2ccccc2cc1C. The molecule has 0 bridgehead atoms. The first-order valence-electron chi connectivity index (χ1n) is 5.31. The predicted octanol–water partition coefficient (Wildman–Crippen LogP) is 3.30. The van der Waals surface area contributed by atoms with Crippen LogP contribution >= 0.6 is 0 Å². The third-order valence-electron chi connectivity index (χ3n) is 2.65. The maximum Gasteiger partial charge on any atom is 0.107 e. The molecule has 80 valence electrons. The molecule has 0 spiro atoms. The van der Waals surface area contributed by atoms with Crippen molar-refractivity contribution in [3.05, 3.63) is 47.5 Å². The summed E-state index contributed by atoms with van der Waals surface area (Å²) in [7, 11) is 0. The van der Waals surface area contributed by atoms with Crippen LogP contribution in [0, 0.1) is 19.3 Å². The van der Waals surface area contributed by atoms with Crippen molar-refractivity contribution in [3.8, 4) is 12.3 Å². The largest absolute Gasteiger partial charge is 0.364 e. The van der Waals surface area contributed by atoms with Crippen LogP contribution in [0.25, 0.3) is 10.8 Å². The summed E-state index contributed by atoms with van der Waals surface area (Å²) in [5.41, 5.74) is 2.45. The predicted molar refractivity (Wildman–Crippen MR) is 67.2 cm³/mol. The molecular formula is C15H14O. The average Bonchev–Trinajstić information content (AvgIpc) is 2.30. The molecule has 0 radical (unpaired) electrons. The van der Waals surface area contributed by atoms with E-state index in [9.17, 15) is 0 Å². The lowest BCUT2D eigenvalue weighted by Gasteiger charge is -2.07. The number of hydrogen-bond acceptors (Lipinski definition) is 1. The van der Waals surface area contributed by atoms with E-state index in [0.29, 0.717) is 13.2 Å². The molecule has 2 rings (SSSR count). The summed E-state index contributed by atoms with van der Waals surface area (Å²) in [4.78, 5) is 0. The van der Waals surface area contributed by atoms with Gasteiger partial charge in [0.05, 0.1) is 6.61 Å². The molecule has 0 unspecified atom stereocenters. The highest BCUT2D eigenvalue weighted by Crippen LogP contribution is 2.20. The number of aryl methyl sites for hydroxylation is 1. The molecule has 1 nitrogen and oxygen atoms in total. The van der Waals surface area contributed by atoms with E-state index in [1.165, 1.54) is 21.9 Å². The van der Waals surface area contributed by atoms with E-state index >= 15 is 0 Å². The van der Waals surface area contributed by atoms with Gasteiger partial charge in [-0.1, -0.05) is 36.3 Å². The fraction of sp³-hybridized carbons (Fsp3) is 0.200. The molecule has 0 amide bonds. The Balaban J connectivity index is 2.32. The van der Waals surface area contributed by atoms with Gasteiger partial charge in [0.15, 0.2) is 0 Å². The van der Waals surface area contributed by atoms with Crippen LogP contribution < -0.4 is 0 Å². The van der Waals surface area contributed by atoms with E-state index < -0.39 is 0 Å². The zero-order chi connectivity index (χ0) is 11.4. The Morgan fingerprint density at radius 1 is 1.19 bits per heavy atom. The number of rotatable bonds is 3. The van der Waals surface area contributed by atoms with Gasteiger partial charge >= 0.3 is 0 Å². The Morgan fingerprint density at radius 2 is 1.88 bits per heavy atom. The highest BCUT2D eigenvalue weighted by molar-refractivity contribution is 5.83. The number of terminal acetylenes is 1. The van der Waals surface area contributed by atoms with Crippen LogP contribution in [0.15, 0.2) is 36.4 Å². The summed E-state index contributed by atoms with van der Waals surface area (Å²) in [6.07, 6.45) is 5.15. The molecule has 0 saturated heterocycles. The minimum absolute atomic E-state index is 0.367. The van der Waals surface area contributed by atoms with Gasteiger partial charge in [0.2, 0.25) is 0 Å². The van der Waals surface area contributed by atoms with Crippen molar-refractivity contribution < 1.29 is 4.74 Å². The zero-order valence-corrected chi connectivity index (χ0v) is 9.36. The van der Waals surface area contributed by atoms with Gasteiger partial charge in [-0.15, -0.1) is 6.42 Å². The maximum atomic E-state index is 5.36. The van der Waals surface area contributed by atoms with Gasteiger partial charge < -0.3 is 4.74 Å². The molecule has 2 aromatic carbocycles. The highest BCUT2D eigenvalue weighted by atomic mass is 16.5. The summed E-state index contributed by atoms with van der Waals surface area (Å²) in [5.74, 6) is 2.47. The Morgan fingerprint density at radius 3 is 2.56 bits per heavy atom. The van der Waals surface area contributed by atoms with Crippen molar-refractivity contribution in [2.45, 2.75) is 13.5 Å². The van der Waals surface area contributed by atoms with Gasteiger partial charge in [0.1, 0.15) is 6.61 Å². The quantitative estimate of drug-likeness (QED) is 0.558. The third-order valence-corrected chi connectivity index (χ3v) is 2.65. The molecule has 0 heterocycles. The second-order valence-corrected chi connectivity index (χ2v) is 3.82. The van der Waals surface area contributed by atoms with E-state index in [2.05, 4.69) is 43.2 Å². The molecule has 0 fully saturated rings. The summed E-state index contributed by atoms with van der Waals surface area (Å²) in [5, 5.41) is 2.51. The molecule has 0 N–H and O–H groups in total. The van der Waals surface area contributed by atoms with Crippen molar-refractivity contribution in [1.82, 2.24) is 0 Å². The molecule has 0 aliphatic heterocycles. The number of hydrogen-bond donors (Lipinski definition) is 0. The summed E-state index contributed by atoms with van der Waals surface area (Å²) >= 11 is 0. The molecule has 0 aromatic heterocycles. The summed E-state index contributed by atoms with van der Waals surface area (Å²) in [6, 6.07) is 12.7. The highest BCUT2D eigenvalue weighted by Gasteiger charge is 2.01. The molecule has 0 atom stereocenters. The molecule has 0 aliphatic carbocycles. The van der Waals surface area contributed by atoms with Crippen molar-refractivity contribution in [3.63, 3.8) is 0 Å². The van der Waals surface area contributed by atoms with Gasteiger partial charge in [-0.3, -0.25) is 0 Å². The van der Waals surface area contributed by atoms with Crippen LogP contribution in [0.1, 0.15) is 11.1 Å². The van der Waals surface area contributed by atoms with Gasteiger partial charge in [-0.05, 0) is 34.9 Å². The first-order chi connectivity index (χ1) is 7.81. The van der Waals surface area contributed by atoms with Crippen LogP contribution in [0.4, 0.5) is 0 Å². The minimum atomic E-state index is 0.367. The van der Waals surface area contributed by atoms with E-state index in [1.54, 1.807) is 0 Å². The summed E-state index contributed by atoms with van der Waals surface area (Å²) < 4.78 is 5.36. The molecule has 16 heavy (non-hydrogen) atoms. The second-order valence-electron chi connectivity index (χ2n) is 3.82. The van der Waals surface area contributed by atoms with E-state index in [4.69, 9.17) is 11.2 Å². The lowest BCUT2D eigenvalue weighted by atomic mass is 10.0. The van der Waals surface area contributed by atoms with Gasteiger partial charge in [0.25, 0.3) is 0 Å². The number of fused-ring (bicyclic) bond motifs is 1. The fourth-order valence-corrected chi connectivity index (χ4v) is 1.78. The fourth-order valence-electron chi connectivity index (χ4n) is 1.78. The number of ether oxygens (including phenoxy) is 1. The first kappa shape index (κ1) is 10.7. The van der Waals surface area contributed by atoms with Crippen LogP contribution in [0.2, 0.25) is 0 Å². The van der Waals surface area contributed by atoms with Crippen LogP contribution in [0.5, 0.6) is 0 Å². The summed E-state index contributed by atoms with van der Waals surface area (Å²) in [6.45, 7) is 3.05. The van der Waals surface area contributed by atoms with Crippen LogP contribution in [-0.4, -0.2) is 6.61 Å². The Hall–Kier alpha value is -1.78. The maximum absolute atomic E-state index is 5.36. The Kier molecular flexibility index (Phi) is 3.24. The zero-order valence-electron chi connectivity index (χ0n) is 9.36. The average molecular weight is 210 g/mol. The van der Waals surface area contributed by atoms with Crippen LogP contribution in [0.3, 0.4) is 0 Å². The van der Waals surface area contributed by atoms with Crippen molar-refractivity contribution in [1.29, 1.82) is 0 Å². The molecule has 2 aromatic rings. The van der Waals surface area contributed by atoms with Gasteiger partial charge in [-0.25, -0.2) is 0 Å². The lowest BCUT2D eigenvalue weighted by Crippen LogP contribution is -1.95. The van der Waals surface area contributed by atoms with E-state index in [1.807, 2.05) is 6.07 Å². The Bertz CT molecular complexity index is 535. The normalized spacial score (nSPS) is 10.2. The van der Waals surface area contributed by atoms with Crippen molar-refractivity contribution >= 4 is 10.8 Å². The molecule has 0 aliphatic rings. The van der Waals surface area contributed by atoms with Gasteiger partial charge in [-0.2, -0.15) is 0 Å². The van der Waals surface area contributed by atoms with E-state index in [-0.39, 0.29) is 0 Å². The molecular weight excluding hydrogens is 196 g/mol.